The molecule has 0 aliphatic carbocycles. The van der Waals surface area contributed by atoms with Crippen molar-refractivity contribution in [2.45, 2.75) is 25.6 Å². The molecule has 0 aliphatic heterocycles. The quantitative estimate of drug-likeness (QED) is 0.465. The second-order valence-corrected chi connectivity index (χ2v) is 3.86. The Balaban J connectivity index is 3.55. The van der Waals surface area contributed by atoms with Crippen LogP contribution in [0.15, 0.2) is 6.07 Å². The predicted molar refractivity (Wildman–Crippen MR) is 61.7 cm³/mol. The zero-order valence-electron chi connectivity index (χ0n) is 8.51. The molecule has 0 saturated carbocycles. The summed E-state index contributed by atoms with van der Waals surface area (Å²) >= 11 is 11.4. The van der Waals surface area contributed by atoms with Crippen LogP contribution in [0.1, 0.15) is 22.3 Å². The molecule has 0 radical (unpaired) electrons. The van der Waals surface area contributed by atoms with Crippen molar-refractivity contribution in [3.05, 3.63) is 38.4 Å². The number of nitro benzene ring substituents is 1. The molecule has 3 nitrogen and oxygen atoms in total. The van der Waals surface area contributed by atoms with Gasteiger partial charge in [0.05, 0.1) is 10.8 Å². The van der Waals surface area contributed by atoms with Crippen molar-refractivity contribution < 1.29 is 4.92 Å². The zero-order valence-corrected chi connectivity index (χ0v) is 10.0. The van der Waals surface area contributed by atoms with Crippen molar-refractivity contribution in [1.82, 2.24) is 0 Å². The van der Waals surface area contributed by atoms with Gasteiger partial charge in [0.2, 0.25) is 0 Å². The summed E-state index contributed by atoms with van der Waals surface area (Å²) in [5.41, 5.74) is 2.89. The van der Waals surface area contributed by atoms with Crippen LogP contribution in [0.2, 0.25) is 0 Å². The Morgan fingerprint density at radius 1 is 1.33 bits per heavy atom. The molecule has 0 N–H and O–H groups in total. The summed E-state index contributed by atoms with van der Waals surface area (Å²) in [4.78, 5) is 10.5. The van der Waals surface area contributed by atoms with Crippen LogP contribution in [-0.2, 0) is 11.8 Å². The van der Waals surface area contributed by atoms with Gasteiger partial charge in [0, 0.05) is 17.0 Å². The number of nitro groups is 1. The van der Waals surface area contributed by atoms with E-state index in [4.69, 9.17) is 23.2 Å². The molecule has 15 heavy (non-hydrogen) atoms. The van der Waals surface area contributed by atoms with Crippen molar-refractivity contribution in [1.29, 1.82) is 0 Å². The highest BCUT2D eigenvalue weighted by atomic mass is 35.5. The van der Waals surface area contributed by atoms with Crippen molar-refractivity contribution in [3.63, 3.8) is 0 Å². The lowest BCUT2D eigenvalue weighted by molar-refractivity contribution is -0.386. The first kappa shape index (κ1) is 12.3. The Kier molecular flexibility index (Phi) is 3.94. The maximum atomic E-state index is 10.9. The first-order chi connectivity index (χ1) is 7.02. The maximum absolute atomic E-state index is 10.9. The second kappa shape index (κ2) is 4.81. The van der Waals surface area contributed by atoms with Crippen LogP contribution in [0.5, 0.6) is 0 Å². The Morgan fingerprint density at radius 2 is 1.93 bits per heavy atom. The molecule has 82 valence electrons. The van der Waals surface area contributed by atoms with Gasteiger partial charge in [0.15, 0.2) is 0 Å². The van der Waals surface area contributed by atoms with Crippen LogP contribution < -0.4 is 0 Å². The van der Waals surface area contributed by atoms with E-state index >= 15 is 0 Å². The van der Waals surface area contributed by atoms with Crippen LogP contribution in [0, 0.1) is 24.0 Å². The molecule has 0 bridgehead atoms. The van der Waals surface area contributed by atoms with E-state index in [1.165, 1.54) is 0 Å². The standard InChI is InChI=1S/C10H11Cl2NO2/c1-6-3-8(4-11)7(2)10(13(14)15)9(6)5-12/h3H,4-5H2,1-2H3. The van der Waals surface area contributed by atoms with Gasteiger partial charge in [-0.15, -0.1) is 23.2 Å². The first-order valence-electron chi connectivity index (χ1n) is 4.41. The molecule has 0 saturated heterocycles. The smallest absolute Gasteiger partial charge is 0.258 e. The fourth-order valence-electron chi connectivity index (χ4n) is 1.58. The molecule has 0 fully saturated rings. The second-order valence-electron chi connectivity index (χ2n) is 3.33. The van der Waals surface area contributed by atoms with Gasteiger partial charge in [-0.25, -0.2) is 0 Å². The number of benzene rings is 1. The summed E-state index contributed by atoms with van der Waals surface area (Å²) in [6.07, 6.45) is 0. The van der Waals surface area contributed by atoms with Crippen molar-refractivity contribution >= 4 is 28.9 Å². The van der Waals surface area contributed by atoms with Crippen LogP contribution >= 0.6 is 23.2 Å². The summed E-state index contributed by atoms with van der Waals surface area (Å²) in [6, 6.07) is 1.85. The SMILES string of the molecule is Cc1cc(CCl)c(C)c([N+](=O)[O-])c1CCl. The fourth-order valence-corrected chi connectivity index (χ4v) is 2.19. The van der Waals surface area contributed by atoms with E-state index < -0.39 is 4.92 Å². The van der Waals surface area contributed by atoms with E-state index in [1.54, 1.807) is 13.8 Å². The molecular weight excluding hydrogens is 237 g/mol. The van der Waals surface area contributed by atoms with E-state index in [2.05, 4.69) is 0 Å². The predicted octanol–water partition coefficient (Wildman–Crippen LogP) is 3.69. The molecule has 0 spiro atoms. The summed E-state index contributed by atoms with van der Waals surface area (Å²) in [5.74, 6) is 0.418. The van der Waals surface area contributed by atoms with Gasteiger partial charge in [-0.2, -0.15) is 0 Å². The van der Waals surface area contributed by atoms with E-state index in [1.807, 2.05) is 6.07 Å². The summed E-state index contributed by atoms with van der Waals surface area (Å²) in [5, 5.41) is 10.9. The topological polar surface area (TPSA) is 43.1 Å². The number of rotatable bonds is 3. The van der Waals surface area contributed by atoms with E-state index in [0.29, 0.717) is 11.1 Å². The highest BCUT2D eigenvalue weighted by Gasteiger charge is 2.21. The lowest BCUT2D eigenvalue weighted by Crippen LogP contribution is -2.02. The lowest BCUT2D eigenvalue weighted by atomic mass is 9.99. The van der Waals surface area contributed by atoms with E-state index in [-0.39, 0.29) is 17.4 Å². The molecule has 5 heteroatoms. The number of alkyl halides is 2. The van der Waals surface area contributed by atoms with Crippen molar-refractivity contribution in [3.8, 4) is 0 Å². The number of halogens is 2. The summed E-state index contributed by atoms with van der Waals surface area (Å²) in [6.45, 7) is 3.51. The number of hydrogen-bond acceptors (Lipinski definition) is 2. The molecular formula is C10H11Cl2NO2. The minimum atomic E-state index is -0.393. The highest BCUT2D eigenvalue weighted by Crippen LogP contribution is 2.31. The molecule has 0 heterocycles. The molecule has 0 atom stereocenters. The van der Waals surface area contributed by atoms with Gasteiger partial charge in [0.25, 0.3) is 5.69 Å². The average molecular weight is 248 g/mol. The zero-order chi connectivity index (χ0) is 11.6. The van der Waals surface area contributed by atoms with Gasteiger partial charge in [-0.3, -0.25) is 10.1 Å². The Bertz CT molecular complexity index is 405. The molecule has 0 aliphatic rings. The van der Waals surface area contributed by atoms with Gasteiger partial charge >= 0.3 is 0 Å². The van der Waals surface area contributed by atoms with Gasteiger partial charge in [-0.1, -0.05) is 6.07 Å². The molecule has 1 aromatic carbocycles. The van der Waals surface area contributed by atoms with E-state index in [0.717, 1.165) is 11.1 Å². The van der Waals surface area contributed by atoms with Crippen molar-refractivity contribution in [2.75, 3.05) is 0 Å². The normalized spacial score (nSPS) is 10.4. The first-order valence-corrected chi connectivity index (χ1v) is 5.48. The monoisotopic (exact) mass is 247 g/mol. The molecule has 0 unspecified atom stereocenters. The van der Waals surface area contributed by atoms with Crippen LogP contribution in [0.3, 0.4) is 0 Å². The third-order valence-electron chi connectivity index (χ3n) is 2.45. The van der Waals surface area contributed by atoms with Crippen molar-refractivity contribution in [2.24, 2.45) is 0 Å². The van der Waals surface area contributed by atoms with Crippen LogP contribution in [0.4, 0.5) is 5.69 Å². The van der Waals surface area contributed by atoms with Crippen LogP contribution in [-0.4, -0.2) is 4.92 Å². The Labute approximate surface area is 98.2 Å². The van der Waals surface area contributed by atoms with Gasteiger partial charge in [0.1, 0.15) is 0 Å². The third-order valence-corrected chi connectivity index (χ3v) is 3.00. The molecule has 0 amide bonds. The minimum Gasteiger partial charge on any atom is -0.258 e. The third kappa shape index (κ3) is 2.24. The Morgan fingerprint density at radius 3 is 2.33 bits per heavy atom. The molecule has 1 aromatic rings. The summed E-state index contributed by atoms with van der Waals surface area (Å²) < 4.78 is 0. The van der Waals surface area contributed by atoms with Gasteiger partial charge in [-0.05, 0) is 25.0 Å². The Hall–Kier alpha value is -0.800. The maximum Gasteiger partial charge on any atom is 0.277 e. The number of nitrogens with zero attached hydrogens (tertiary/aromatic N) is 1. The molecule has 1 rings (SSSR count). The van der Waals surface area contributed by atoms with Gasteiger partial charge < -0.3 is 0 Å². The number of aryl methyl sites for hydroxylation is 1. The lowest BCUT2D eigenvalue weighted by Gasteiger charge is -2.10. The minimum absolute atomic E-state index is 0.0978. The average Bonchev–Trinajstić information content (AvgIpc) is 2.19. The highest BCUT2D eigenvalue weighted by molar-refractivity contribution is 6.18. The largest absolute Gasteiger partial charge is 0.277 e. The molecule has 0 aromatic heterocycles. The van der Waals surface area contributed by atoms with E-state index in [9.17, 15) is 10.1 Å². The summed E-state index contributed by atoms with van der Waals surface area (Å²) in [7, 11) is 0. The van der Waals surface area contributed by atoms with Crippen LogP contribution in [0.25, 0.3) is 0 Å². The number of hydrogen-bond donors (Lipinski definition) is 0. The fraction of sp³-hybridized carbons (Fsp3) is 0.400.